The molecule has 2 fully saturated rings. The highest BCUT2D eigenvalue weighted by molar-refractivity contribution is 6.09. The molecule has 0 spiro atoms. The standard InChI is InChI=1S/C21H25N3O4/c1-21(18-8-4-6-15-5-2-3-7-17(15)18)19(26)24(20(27)22-21)14-16(25)13-23-9-11-28-12-10-23/h2-8,16,25H,9-14H2,1H3,(H,22,27)/t16-,21+/m1/s1. The summed E-state index contributed by atoms with van der Waals surface area (Å²) in [6, 6.07) is 13.1. The Balaban J connectivity index is 1.54. The summed E-state index contributed by atoms with van der Waals surface area (Å²) in [5, 5.41) is 15.2. The lowest BCUT2D eigenvalue weighted by atomic mass is 9.88. The lowest BCUT2D eigenvalue weighted by Gasteiger charge is -2.29. The third-order valence-electron chi connectivity index (χ3n) is 5.57. The van der Waals surface area contributed by atoms with Crippen LogP contribution in [0.2, 0.25) is 0 Å². The third kappa shape index (κ3) is 3.37. The number of hydrogen-bond donors (Lipinski definition) is 2. The first kappa shape index (κ1) is 18.9. The molecular formula is C21H25N3O4. The summed E-state index contributed by atoms with van der Waals surface area (Å²) in [6.07, 6.45) is -0.803. The van der Waals surface area contributed by atoms with Crippen LogP contribution in [0.1, 0.15) is 12.5 Å². The zero-order valence-electron chi connectivity index (χ0n) is 15.9. The van der Waals surface area contributed by atoms with Crippen molar-refractivity contribution < 1.29 is 19.4 Å². The number of aliphatic hydroxyl groups excluding tert-OH is 1. The average Bonchev–Trinajstić information content (AvgIpc) is 2.92. The Kier molecular flexibility index (Phi) is 5.05. The van der Waals surface area contributed by atoms with E-state index >= 15 is 0 Å². The van der Waals surface area contributed by atoms with E-state index in [0.29, 0.717) is 19.8 Å². The van der Waals surface area contributed by atoms with Gasteiger partial charge in [0.05, 0.1) is 25.9 Å². The van der Waals surface area contributed by atoms with Crippen LogP contribution in [0.25, 0.3) is 10.8 Å². The van der Waals surface area contributed by atoms with Crippen LogP contribution in [0.3, 0.4) is 0 Å². The smallest absolute Gasteiger partial charge is 0.325 e. The van der Waals surface area contributed by atoms with Crippen molar-refractivity contribution in [1.82, 2.24) is 15.1 Å². The van der Waals surface area contributed by atoms with E-state index in [-0.39, 0.29) is 12.5 Å². The number of carbonyl (C=O) groups is 2. The van der Waals surface area contributed by atoms with Gasteiger partial charge in [-0.2, -0.15) is 0 Å². The van der Waals surface area contributed by atoms with Crippen molar-refractivity contribution >= 4 is 22.7 Å². The molecule has 0 aliphatic carbocycles. The van der Waals surface area contributed by atoms with Crippen LogP contribution in [0.15, 0.2) is 42.5 Å². The van der Waals surface area contributed by atoms with Gasteiger partial charge in [0.1, 0.15) is 5.54 Å². The topological polar surface area (TPSA) is 82.1 Å². The van der Waals surface area contributed by atoms with Gasteiger partial charge in [0.25, 0.3) is 5.91 Å². The maximum atomic E-state index is 13.2. The lowest BCUT2D eigenvalue weighted by Crippen LogP contribution is -2.46. The van der Waals surface area contributed by atoms with Gasteiger partial charge in [0.15, 0.2) is 0 Å². The van der Waals surface area contributed by atoms with Gasteiger partial charge >= 0.3 is 6.03 Å². The molecule has 2 atom stereocenters. The lowest BCUT2D eigenvalue weighted by molar-refractivity contribution is -0.132. The van der Waals surface area contributed by atoms with Crippen molar-refractivity contribution in [3.05, 3.63) is 48.0 Å². The molecule has 0 radical (unpaired) electrons. The Morgan fingerprint density at radius 1 is 1.11 bits per heavy atom. The molecule has 0 saturated carbocycles. The van der Waals surface area contributed by atoms with E-state index < -0.39 is 17.7 Å². The number of imide groups is 1. The maximum absolute atomic E-state index is 13.2. The minimum absolute atomic E-state index is 0.0254. The van der Waals surface area contributed by atoms with E-state index in [1.54, 1.807) is 6.92 Å². The zero-order chi connectivity index (χ0) is 19.7. The number of amides is 3. The molecule has 2 aromatic rings. The van der Waals surface area contributed by atoms with Crippen LogP contribution in [-0.4, -0.2) is 72.3 Å². The number of fused-ring (bicyclic) bond motifs is 1. The maximum Gasteiger partial charge on any atom is 0.325 e. The van der Waals surface area contributed by atoms with E-state index in [1.807, 2.05) is 42.5 Å². The van der Waals surface area contributed by atoms with Crippen LogP contribution < -0.4 is 5.32 Å². The molecule has 28 heavy (non-hydrogen) atoms. The molecule has 2 N–H and O–H groups in total. The fraction of sp³-hybridized carbons (Fsp3) is 0.429. The number of rotatable bonds is 5. The van der Waals surface area contributed by atoms with Crippen molar-refractivity contribution in [3.8, 4) is 0 Å². The Bertz CT molecular complexity index is 891. The molecule has 2 aliphatic heterocycles. The largest absolute Gasteiger partial charge is 0.390 e. The fourth-order valence-electron chi connectivity index (χ4n) is 4.06. The highest BCUT2D eigenvalue weighted by atomic mass is 16.5. The quantitative estimate of drug-likeness (QED) is 0.761. The molecular weight excluding hydrogens is 358 g/mol. The van der Waals surface area contributed by atoms with E-state index in [2.05, 4.69) is 10.2 Å². The van der Waals surface area contributed by atoms with Gasteiger partial charge in [0.2, 0.25) is 0 Å². The van der Waals surface area contributed by atoms with E-state index in [0.717, 1.165) is 34.3 Å². The zero-order valence-corrected chi connectivity index (χ0v) is 15.9. The molecule has 3 amide bonds. The first-order valence-electron chi connectivity index (χ1n) is 9.59. The van der Waals surface area contributed by atoms with Gasteiger partial charge in [-0.25, -0.2) is 4.79 Å². The second-order valence-electron chi connectivity index (χ2n) is 7.56. The summed E-state index contributed by atoms with van der Waals surface area (Å²) in [4.78, 5) is 29.0. The van der Waals surface area contributed by atoms with Crippen molar-refractivity contribution in [3.63, 3.8) is 0 Å². The number of nitrogens with one attached hydrogen (secondary N) is 1. The minimum atomic E-state index is -1.16. The number of morpholine rings is 1. The molecule has 0 bridgehead atoms. The summed E-state index contributed by atoms with van der Waals surface area (Å²) < 4.78 is 5.31. The number of benzene rings is 2. The molecule has 2 saturated heterocycles. The molecule has 148 valence electrons. The van der Waals surface area contributed by atoms with Gasteiger partial charge in [-0.1, -0.05) is 42.5 Å². The van der Waals surface area contributed by atoms with Crippen molar-refractivity contribution in [1.29, 1.82) is 0 Å². The predicted molar refractivity (Wildman–Crippen MR) is 105 cm³/mol. The normalized spacial score (nSPS) is 24.6. The van der Waals surface area contributed by atoms with Gasteiger partial charge in [-0.05, 0) is 23.3 Å². The number of aliphatic hydroxyl groups is 1. The molecule has 7 nitrogen and oxygen atoms in total. The highest BCUT2D eigenvalue weighted by Crippen LogP contribution is 2.33. The van der Waals surface area contributed by atoms with Crippen molar-refractivity contribution in [2.45, 2.75) is 18.6 Å². The highest BCUT2D eigenvalue weighted by Gasteiger charge is 2.50. The molecule has 0 aromatic heterocycles. The third-order valence-corrected chi connectivity index (χ3v) is 5.57. The van der Waals surface area contributed by atoms with Crippen LogP contribution in [0.4, 0.5) is 4.79 Å². The SMILES string of the molecule is C[C@@]1(c2cccc3ccccc23)NC(=O)N(C[C@H](O)CN2CCOCC2)C1=O. The van der Waals surface area contributed by atoms with Crippen LogP contribution in [0.5, 0.6) is 0 Å². The van der Waals surface area contributed by atoms with Crippen LogP contribution in [0, 0.1) is 0 Å². The second kappa shape index (κ2) is 7.50. The van der Waals surface area contributed by atoms with Gasteiger partial charge in [-0.3, -0.25) is 14.6 Å². The summed E-state index contributed by atoms with van der Waals surface area (Å²) in [5.74, 6) is -0.338. The van der Waals surface area contributed by atoms with Crippen molar-refractivity contribution in [2.24, 2.45) is 0 Å². The summed E-state index contributed by atoms with van der Waals surface area (Å²) in [7, 11) is 0. The Morgan fingerprint density at radius 2 is 1.82 bits per heavy atom. The van der Waals surface area contributed by atoms with Crippen LogP contribution >= 0.6 is 0 Å². The Labute approximate surface area is 163 Å². The number of β-amino-alcohol motifs (C(OH)–C–C–N with tert-alkyl or cyclic N) is 1. The Morgan fingerprint density at radius 3 is 2.61 bits per heavy atom. The minimum Gasteiger partial charge on any atom is -0.390 e. The predicted octanol–water partition coefficient (Wildman–Crippen LogP) is 1.30. The number of hydrogen-bond acceptors (Lipinski definition) is 5. The summed E-state index contributed by atoms with van der Waals surface area (Å²) >= 11 is 0. The Hall–Kier alpha value is -2.48. The van der Waals surface area contributed by atoms with Gasteiger partial charge in [0, 0.05) is 19.6 Å². The molecule has 2 heterocycles. The van der Waals surface area contributed by atoms with Crippen LogP contribution in [-0.2, 0) is 15.1 Å². The first-order valence-corrected chi connectivity index (χ1v) is 9.59. The average molecular weight is 383 g/mol. The number of urea groups is 1. The molecule has 2 aromatic carbocycles. The van der Waals surface area contributed by atoms with Gasteiger partial charge in [-0.15, -0.1) is 0 Å². The van der Waals surface area contributed by atoms with Crippen molar-refractivity contribution in [2.75, 3.05) is 39.4 Å². The second-order valence-corrected chi connectivity index (χ2v) is 7.56. The fourth-order valence-corrected chi connectivity index (χ4v) is 4.06. The molecule has 2 aliphatic rings. The molecule has 7 heteroatoms. The molecule has 4 rings (SSSR count). The number of ether oxygens (including phenoxy) is 1. The monoisotopic (exact) mass is 383 g/mol. The summed E-state index contributed by atoms with van der Waals surface area (Å²) in [6.45, 7) is 4.86. The van der Waals surface area contributed by atoms with E-state index in [1.165, 1.54) is 0 Å². The number of carbonyl (C=O) groups excluding carboxylic acids is 2. The molecule has 0 unspecified atom stereocenters. The number of nitrogens with zero attached hydrogens (tertiary/aromatic N) is 2. The van der Waals surface area contributed by atoms with E-state index in [9.17, 15) is 14.7 Å². The summed E-state index contributed by atoms with van der Waals surface area (Å²) in [5.41, 5.74) is -0.398. The van der Waals surface area contributed by atoms with Gasteiger partial charge < -0.3 is 15.2 Å². The first-order chi connectivity index (χ1) is 13.5. The van der Waals surface area contributed by atoms with E-state index in [4.69, 9.17) is 4.74 Å².